The van der Waals surface area contributed by atoms with Crippen molar-refractivity contribution < 1.29 is 4.79 Å². The van der Waals surface area contributed by atoms with Crippen LogP contribution in [0, 0.1) is 0 Å². The van der Waals surface area contributed by atoms with Crippen LogP contribution >= 0.6 is 11.3 Å². The minimum absolute atomic E-state index is 0.422. The van der Waals surface area contributed by atoms with E-state index < -0.39 is 0 Å². The molecule has 0 fully saturated rings. The van der Waals surface area contributed by atoms with E-state index in [1.54, 1.807) is 11.3 Å². The molecular formula is C7H4OSSe. The normalized spacial score (nSPS) is 10.4. The van der Waals surface area contributed by atoms with Crippen molar-refractivity contribution in [3.63, 3.8) is 0 Å². The van der Waals surface area contributed by atoms with Gasteiger partial charge in [0.2, 0.25) is 0 Å². The van der Waals surface area contributed by atoms with Gasteiger partial charge in [-0.15, -0.1) is 0 Å². The number of hydrogen-bond acceptors (Lipinski definition) is 2. The molecule has 0 atom stereocenters. The SMILES string of the molecule is O=Cc1scc2cc[se]c12. The summed E-state index contributed by atoms with van der Waals surface area (Å²) in [6.45, 7) is 0. The molecule has 0 amide bonds. The summed E-state index contributed by atoms with van der Waals surface area (Å²) in [5.74, 6) is 0. The number of rotatable bonds is 1. The van der Waals surface area contributed by atoms with Crippen molar-refractivity contribution >= 4 is 41.8 Å². The van der Waals surface area contributed by atoms with E-state index in [0.29, 0.717) is 14.5 Å². The Kier molecular flexibility index (Phi) is 1.49. The molecule has 0 saturated carbocycles. The van der Waals surface area contributed by atoms with Gasteiger partial charge in [-0.3, -0.25) is 0 Å². The van der Waals surface area contributed by atoms with Gasteiger partial charge in [0.1, 0.15) is 0 Å². The first-order chi connectivity index (χ1) is 4.92. The molecule has 0 bridgehead atoms. The van der Waals surface area contributed by atoms with Gasteiger partial charge in [0, 0.05) is 0 Å². The second-order valence-corrected chi connectivity index (χ2v) is 4.76. The molecule has 0 unspecified atom stereocenters. The first-order valence-corrected chi connectivity index (χ1v) is 5.54. The van der Waals surface area contributed by atoms with Crippen LogP contribution in [-0.2, 0) is 0 Å². The number of carbonyl (C=O) groups is 1. The molecule has 1 nitrogen and oxygen atoms in total. The second-order valence-electron chi connectivity index (χ2n) is 1.92. The maximum atomic E-state index is 10.4. The van der Waals surface area contributed by atoms with E-state index >= 15 is 0 Å². The van der Waals surface area contributed by atoms with Crippen LogP contribution in [0.5, 0.6) is 0 Å². The summed E-state index contributed by atoms with van der Waals surface area (Å²) in [6.07, 6.45) is 0.957. The van der Waals surface area contributed by atoms with Crippen LogP contribution in [0.4, 0.5) is 0 Å². The van der Waals surface area contributed by atoms with Crippen LogP contribution in [0.25, 0.3) is 9.65 Å². The molecule has 0 saturated heterocycles. The van der Waals surface area contributed by atoms with Crippen molar-refractivity contribution in [1.29, 1.82) is 0 Å². The van der Waals surface area contributed by atoms with Gasteiger partial charge in [-0.1, -0.05) is 0 Å². The standard InChI is InChI=1S/C7H4OSSe/c8-3-6-7-5(4-9-6)1-2-10-7/h1-4H. The predicted molar refractivity (Wildman–Crippen MR) is 44.2 cm³/mol. The molecule has 0 aliphatic heterocycles. The number of hydrogen-bond donors (Lipinski definition) is 0. The molecule has 10 heavy (non-hydrogen) atoms. The monoisotopic (exact) mass is 216 g/mol. The Labute approximate surface area is 68.0 Å². The zero-order chi connectivity index (χ0) is 6.97. The molecule has 0 spiro atoms. The van der Waals surface area contributed by atoms with Crippen LogP contribution in [0.1, 0.15) is 9.67 Å². The van der Waals surface area contributed by atoms with Gasteiger partial charge in [-0.2, -0.15) is 0 Å². The predicted octanol–water partition coefficient (Wildman–Crippen LogP) is 1.77. The topological polar surface area (TPSA) is 17.1 Å². The molecule has 0 N–H and O–H groups in total. The van der Waals surface area contributed by atoms with Crippen LogP contribution in [-0.4, -0.2) is 20.8 Å². The fourth-order valence-corrected chi connectivity index (χ4v) is 3.96. The zero-order valence-electron chi connectivity index (χ0n) is 5.03. The van der Waals surface area contributed by atoms with E-state index in [1.807, 2.05) is 5.38 Å². The molecule has 50 valence electrons. The van der Waals surface area contributed by atoms with Crippen molar-refractivity contribution in [2.24, 2.45) is 0 Å². The third-order valence-corrected chi connectivity index (χ3v) is 4.58. The third kappa shape index (κ3) is 0.788. The van der Waals surface area contributed by atoms with Gasteiger partial charge < -0.3 is 0 Å². The van der Waals surface area contributed by atoms with E-state index in [1.165, 1.54) is 9.65 Å². The van der Waals surface area contributed by atoms with E-state index in [2.05, 4.69) is 11.0 Å². The molecule has 2 aromatic heterocycles. The molecule has 2 aromatic rings. The van der Waals surface area contributed by atoms with Crippen molar-refractivity contribution in [2.45, 2.75) is 0 Å². The summed E-state index contributed by atoms with van der Waals surface area (Å²) in [5, 5.41) is 3.30. The van der Waals surface area contributed by atoms with Gasteiger partial charge in [-0.05, 0) is 0 Å². The summed E-state index contributed by atoms with van der Waals surface area (Å²) >= 11 is 1.97. The van der Waals surface area contributed by atoms with E-state index in [9.17, 15) is 4.79 Å². The van der Waals surface area contributed by atoms with Crippen molar-refractivity contribution in [3.05, 3.63) is 21.3 Å². The molecule has 0 aliphatic carbocycles. The van der Waals surface area contributed by atoms with E-state index in [-0.39, 0.29) is 0 Å². The van der Waals surface area contributed by atoms with Crippen molar-refractivity contribution in [1.82, 2.24) is 0 Å². The van der Waals surface area contributed by atoms with Gasteiger partial charge >= 0.3 is 67.8 Å². The fraction of sp³-hybridized carbons (Fsp3) is 0. The zero-order valence-corrected chi connectivity index (χ0v) is 7.56. The summed E-state index contributed by atoms with van der Waals surface area (Å²) in [6, 6.07) is 2.10. The van der Waals surface area contributed by atoms with E-state index in [4.69, 9.17) is 0 Å². The molecule has 0 aliphatic rings. The first kappa shape index (κ1) is 6.35. The van der Waals surface area contributed by atoms with Crippen molar-refractivity contribution in [3.8, 4) is 0 Å². The second kappa shape index (κ2) is 2.35. The Morgan fingerprint density at radius 3 is 3.30 bits per heavy atom. The Hall–Kier alpha value is -0.371. The Morgan fingerprint density at radius 2 is 2.50 bits per heavy atom. The minimum atomic E-state index is 0.422. The molecule has 0 aromatic carbocycles. The van der Waals surface area contributed by atoms with Crippen LogP contribution < -0.4 is 0 Å². The van der Waals surface area contributed by atoms with E-state index in [0.717, 1.165) is 11.2 Å². The third-order valence-electron chi connectivity index (χ3n) is 1.34. The van der Waals surface area contributed by atoms with Gasteiger partial charge in [-0.25, -0.2) is 0 Å². The molecule has 2 rings (SSSR count). The van der Waals surface area contributed by atoms with Crippen LogP contribution in [0.3, 0.4) is 0 Å². The Bertz CT molecular complexity index is 360. The number of fused-ring (bicyclic) bond motifs is 1. The molecule has 0 radical (unpaired) electrons. The summed E-state index contributed by atoms with van der Waals surface area (Å²) in [5.41, 5.74) is 0. The summed E-state index contributed by atoms with van der Waals surface area (Å²) in [4.78, 5) is 13.5. The molecule has 2 heterocycles. The molecular weight excluding hydrogens is 211 g/mol. The van der Waals surface area contributed by atoms with Crippen LogP contribution in [0.2, 0.25) is 0 Å². The van der Waals surface area contributed by atoms with Gasteiger partial charge in [0.15, 0.2) is 0 Å². The van der Waals surface area contributed by atoms with Crippen LogP contribution in [0.15, 0.2) is 16.4 Å². The van der Waals surface area contributed by atoms with Crippen molar-refractivity contribution in [2.75, 3.05) is 0 Å². The average molecular weight is 215 g/mol. The number of aldehydes is 1. The number of thiophene rings is 1. The Morgan fingerprint density at radius 1 is 1.60 bits per heavy atom. The Balaban J connectivity index is 2.88. The maximum absolute atomic E-state index is 10.4. The molecule has 3 heteroatoms. The van der Waals surface area contributed by atoms with Gasteiger partial charge in [0.25, 0.3) is 0 Å². The first-order valence-electron chi connectivity index (χ1n) is 2.81. The number of carbonyl (C=O) groups excluding carboxylic acids is 1. The quantitative estimate of drug-likeness (QED) is 0.523. The van der Waals surface area contributed by atoms with Gasteiger partial charge in [0.05, 0.1) is 0 Å². The summed E-state index contributed by atoms with van der Waals surface area (Å²) in [7, 11) is 0. The summed E-state index contributed by atoms with van der Waals surface area (Å²) < 4.78 is 1.27. The fourth-order valence-electron chi connectivity index (χ4n) is 0.874. The average Bonchev–Trinajstić information content (AvgIpc) is 2.44.